The summed E-state index contributed by atoms with van der Waals surface area (Å²) in [6, 6.07) is 14.7. The maximum absolute atomic E-state index is 12.2. The van der Waals surface area contributed by atoms with Crippen LogP contribution in [0.2, 0.25) is 0 Å². The summed E-state index contributed by atoms with van der Waals surface area (Å²) < 4.78 is 11.0. The van der Waals surface area contributed by atoms with E-state index in [9.17, 15) is 4.79 Å². The topological polar surface area (TPSA) is 84.2 Å². The minimum Gasteiger partial charge on any atom is -0.493 e. The predicted octanol–water partition coefficient (Wildman–Crippen LogP) is 4.09. The number of methoxy groups -OCH3 is 1. The van der Waals surface area contributed by atoms with Gasteiger partial charge in [-0.2, -0.15) is 5.26 Å². The molecule has 0 fully saturated rings. The molecular formula is C21H19N3O3S. The van der Waals surface area contributed by atoms with Gasteiger partial charge in [0.15, 0.2) is 11.5 Å². The molecule has 0 aliphatic heterocycles. The van der Waals surface area contributed by atoms with Crippen LogP contribution in [0.1, 0.15) is 21.8 Å². The Bertz CT molecular complexity index is 1010. The van der Waals surface area contributed by atoms with E-state index in [2.05, 4.69) is 16.4 Å². The van der Waals surface area contributed by atoms with Gasteiger partial charge in [-0.3, -0.25) is 4.79 Å². The molecule has 0 spiro atoms. The van der Waals surface area contributed by atoms with E-state index >= 15 is 0 Å². The molecule has 7 heteroatoms. The van der Waals surface area contributed by atoms with Crippen molar-refractivity contribution >= 4 is 22.9 Å². The Kier molecular flexibility index (Phi) is 6.25. The first-order valence-corrected chi connectivity index (χ1v) is 9.46. The Morgan fingerprint density at radius 1 is 1.21 bits per heavy atom. The van der Waals surface area contributed by atoms with Gasteiger partial charge in [-0.15, -0.1) is 11.3 Å². The molecule has 0 radical (unpaired) electrons. The number of benzene rings is 2. The molecule has 1 N–H and O–H groups in total. The van der Waals surface area contributed by atoms with Crippen LogP contribution in [0.3, 0.4) is 0 Å². The molecule has 0 saturated heterocycles. The van der Waals surface area contributed by atoms with Gasteiger partial charge in [0, 0.05) is 17.1 Å². The van der Waals surface area contributed by atoms with Crippen molar-refractivity contribution in [2.24, 2.45) is 0 Å². The van der Waals surface area contributed by atoms with Gasteiger partial charge in [-0.05, 0) is 31.2 Å². The number of rotatable bonds is 7. The van der Waals surface area contributed by atoms with Crippen LogP contribution in [0.4, 0.5) is 5.69 Å². The maximum Gasteiger partial charge on any atom is 0.231 e. The molecule has 142 valence electrons. The average molecular weight is 393 g/mol. The lowest BCUT2D eigenvalue weighted by molar-refractivity contribution is -0.115. The standard InChI is InChI=1S/C21H19N3O3S/c1-14-3-6-16(7-4-14)23-20(25)10-21-24-17(13-28-21)12-27-18-8-5-15(11-22)9-19(18)26-2/h3-9,13H,10,12H2,1-2H3,(H,23,25). The van der Waals surface area contributed by atoms with Crippen LogP contribution in [0.15, 0.2) is 47.8 Å². The first-order chi connectivity index (χ1) is 13.6. The van der Waals surface area contributed by atoms with E-state index in [1.807, 2.05) is 36.6 Å². The molecule has 6 nitrogen and oxygen atoms in total. The lowest BCUT2D eigenvalue weighted by atomic mass is 10.2. The van der Waals surface area contributed by atoms with E-state index in [4.69, 9.17) is 14.7 Å². The molecule has 0 aliphatic rings. The number of hydrogen-bond acceptors (Lipinski definition) is 6. The highest BCUT2D eigenvalue weighted by Crippen LogP contribution is 2.28. The number of amides is 1. The zero-order chi connectivity index (χ0) is 19.9. The Labute approximate surface area is 167 Å². The fourth-order valence-electron chi connectivity index (χ4n) is 2.48. The number of ether oxygens (including phenoxy) is 2. The number of carbonyl (C=O) groups excluding carboxylic acids is 1. The molecule has 0 bridgehead atoms. The molecule has 0 aliphatic carbocycles. The van der Waals surface area contributed by atoms with Crippen molar-refractivity contribution in [3.8, 4) is 17.6 Å². The summed E-state index contributed by atoms with van der Waals surface area (Å²) in [6.07, 6.45) is 0.207. The molecule has 1 amide bonds. The SMILES string of the molecule is COc1cc(C#N)ccc1OCc1csc(CC(=O)Nc2ccc(C)cc2)n1. The average Bonchev–Trinajstić information content (AvgIpc) is 3.15. The number of aromatic nitrogens is 1. The number of anilines is 1. The summed E-state index contributed by atoms with van der Waals surface area (Å²) in [5.41, 5.74) is 3.14. The lowest BCUT2D eigenvalue weighted by Crippen LogP contribution is -2.14. The van der Waals surface area contributed by atoms with Crippen LogP contribution >= 0.6 is 11.3 Å². The molecular weight excluding hydrogens is 374 g/mol. The Morgan fingerprint density at radius 3 is 2.71 bits per heavy atom. The summed E-state index contributed by atoms with van der Waals surface area (Å²) >= 11 is 1.42. The number of nitriles is 1. The van der Waals surface area contributed by atoms with Gasteiger partial charge in [0.05, 0.1) is 30.9 Å². The van der Waals surface area contributed by atoms with Gasteiger partial charge in [-0.1, -0.05) is 17.7 Å². The van der Waals surface area contributed by atoms with E-state index in [0.29, 0.717) is 17.1 Å². The van der Waals surface area contributed by atoms with Gasteiger partial charge in [0.25, 0.3) is 0 Å². The Morgan fingerprint density at radius 2 is 2.00 bits per heavy atom. The van der Waals surface area contributed by atoms with Crippen molar-refractivity contribution in [1.82, 2.24) is 4.98 Å². The molecule has 28 heavy (non-hydrogen) atoms. The van der Waals surface area contributed by atoms with E-state index < -0.39 is 0 Å². The van der Waals surface area contributed by atoms with Crippen molar-refractivity contribution in [2.45, 2.75) is 20.0 Å². The summed E-state index contributed by atoms with van der Waals surface area (Å²) in [5, 5.41) is 14.4. The number of thiazole rings is 1. The minimum absolute atomic E-state index is 0.112. The summed E-state index contributed by atoms with van der Waals surface area (Å²) in [4.78, 5) is 16.6. The first-order valence-electron chi connectivity index (χ1n) is 8.58. The third-order valence-corrected chi connectivity index (χ3v) is 4.81. The lowest BCUT2D eigenvalue weighted by Gasteiger charge is -2.09. The zero-order valence-electron chi connectivity index (χ0n) is 15.6. The summed E-state index contributed by atoms with van der Waals surface area (Å²) in [6.45, 7) is 2.25. The van der Waals surface area contributed by atoms with Gasteiger partial charge < -0.3 is 14.8 Å². The number of nitrogens with zero attached hydrogens (tertiary/aromatic N) is 2. The molecule has 0 unspecified atom stereocenters. The van der Waals surface area contributed by atoms with E-state index in [0.717, 1.165) is 22.0 Å². The van der Waals surface area contributed by atoms with Gasteiger partial charge >= 0.3 is 0 Å². The summed E-state index contributed by atoms with van der Waals surface area (Å²) in [7, 11) is 1.52. The molecule has 0 saturated carbocycles. The fourth-order valence-corrected chi connectivity index (χ4v) is 3.26. The highest BCUT2D eigenvalue weighted by atomic mass is 32.1. The first kappa shape index (κ1) is 19.4. The molecule has 0 atom stereocenters. The minimum atomic E-state index is -0.112. The van der Waals surface area contributed by atoms with Crippen LogP contribution in [0.25, 0.3) is 0 Å². The van der Waals surface area contributed by atoms with E-state index in [1.54, 1.807) is 18.2 Å². The van der Waals surface area contributed by atoms with Crippen molar-refractivity contribution in [2.75, 3.05) is 12.4 Å². The molecule has 3 rings (SSSR count). The normalized spacial score (nSPS) is 10.2. The predicted molar refractivity (Wildman–Crippen MR) is 108 cm³/mol. The number of carbonyl (C=O) groups is 1. The Hall–Kier alpha value is -3.37. The zero-order valence-corrected chi connectivity index (χ0v) is 16.4. The monoisotopic (exact) mass is 393 g/mol. The summed E-state index contributed by atoms with van der Waals surface area (Å²) in [5.74, 6) is 0.916. The molecule has 3 aromatic rings. The molecule has 2 aromatic carbocycles. The largest absolute Gasteiger partial charge is 0.493 e. The van der Waals surface area contributed by atoms with E-state index in [1.165, 1.54) is 18.4 Å². The second-order valence-electron chi connectivity index (χ2n) is 6.09. The van der Waals surface area contributed by atoms with Crippen LogP contribution in [-0.4, -0.2) is 18.0 Å². The van der Waals surface area contributed by atoms with Crippen molar-refractivity contribution in [1.29, 1.82) is 5.26 Å². The van der Waals surface area contributed by atoms with Crippen LogP contribution in [-0.2, 0) is 17.8 Å². The Balaban J connectivity index is 1.56. The van der Waals surface area contributed by atoms with Crippen LogP contribution < -0.4 is 14.8 Å². The van der Waals surface area contributed by atoms with Crippen LogP contribution in [0.5, 0.6) is 11.5 Å². The maximum atomic E-state index is 12.2. The van der Waals surface area contributed by atoms with Crippen LogP contribution in [0, 0.1) is 18.3 Å². The second-order valence-corrected chi connectivity index (χ2v) is 7.03. The van der Waals surface area contributed by atoms with Gasteiger partial charge in [0.1, 0.15) is 11.6 Å². The molecule has 1 heterocycles. The fraction of sp³-hybridized carbons (Fsp3) is 0.190. The van der Waals surface area contributed by atoms with Crippen molar-refractivity contribution < 1.29 is 14.3 Å². The number of nitrogens with one attached hydrogen (secondary N) is 1. The third-order valence-electron chi connectivity index (χ3n) is 3.91. The van der Waals surface area contributed by atoms with Crippen molar-refractivity contribution in [3.63, 3.8) is 0 Å². The van der Waals surface area contributed by atoms with Gasteiger partial charge in [-0.25, -0.2) is 4.98 Å². The highest BCUT2D eigenvalue weighted by Gasteiger charge is 2.11. The molecule has 1 aromatic heterocycles. The number of aryl methyl sites for hydroxylation is 1. The third kappa shape index (κ3) is 5.09. The quantitative estimate of drug-likeness (QED) is 0.653. The second kappa shape index (κ2) is 9.02. The van der Waals surface area contributed by atoms with Gasteiger partial charge in [0.2, 0.25) is 5.91 Å². The highest BCUT2D eigenvalue weighted by molar-refractivity contribution is 7.09. The smallest absolute Gasteiger partial charge is 0.231 e. The number of hydrogen-bond donors (Lipinski definition) is 1. The van der Waals surface area contributed by atoms with E-state index in [-0.39, 0.29) is 18.9 Å². The van der Waals surface area contributed by atoms with Crippen molar-refractivity contribution in [3.05, 3.63) is 69.7 Å².